The summed E-state index contributed by atoms with van der Waals surface area (Å²) in [6, 6.07) is 7.33. The van der Waals surface area contributed by atoms with Crippen molar-refractivity contribution < 1.29 is 4.74 Å². The monoisotopic (exact) mass is 276 g/mol. The summed E-state index contributed by atoms with van der Waals surface area (Å²) in [6.07, 6.45) is 1.23. The van der Waals surface area contributed by atoms with Crippen LogP contribution in [0.5, 0.6) is 0 Å². The van der Waals surface area contributed by atoms with Crippen LogP contribution in [0.25, 0.3) is 0 Å². The lowest BCUT2D eigenvalue weighted by Crippen LogP contribution is -2.26. The summed E-state index contributed by atoms with van der Waals surface area (Å²) < 4.78 is 5.30. The van der Waals surface area contributed by atoms with Gasteiger partial charge in [0, 0.05) is 44.4 Å². The van der Waals surface area contributed by atoms with Gasteiger partial charge in [0.15, 0.2) is 0 Å². The van der Waals surface area contributed by atoms with Gasteiger partial charge in [-0.15, -0.1) is 0 Å². The van der Waals surface area contributed by atoms with Crippen LogP contribution in [0.2, 0.25) is 0 Å². The van der Waals surface area contributed by atoms with Crippen molar-refractivity contribution >= 4 is 5.69 Å². The molecule has 2 rings (SSSR count). The molecule has 1 atom stereocenters. The molecule has 0 saturated carbocycles. The van der Waals surface area contributed by atoms with Crippen molar-refractivity contribution in [3.63, 3.8) is 0 Å². The van der Waals surface area contributed by atoms with E-state index in [2.05, 4.69) is 49.2 Å². The first kappa shape index (κ1) is 15.3. The Morgan fingerprint density at radius 3 is 2.90 bits per heavy atom. The van der Waals surface area contributed by atoms with E-state index in [0.29, 0.717) is 12.0 Å². The minimum atomic E-state index is 0.517. The summed E-state index contributed by atoms with van der Waals surface area (Å²) in [5.74, 6) is 0.673. The number of ether oxygens (including phenoxy) is 1. The maximum Gasteiger partial charge on any atom is 0.0508 e. The predicted molar refractivity (Wildman–Crippen MR) is 85.4 cm³/mol. The zero-order chi connectivity index (χ0) is 14.5. The molecule has 1 aliphatic rings. The molecule has 1 N–H and O–H groups in total. The molecule has 0 aliphatic carbocycles. The number of rotatable bonds is 6. The van der Waals surface area contributed by atoms with E-state index in [9.17, 15) is 0 Å². The molecule has 1 fully saturated rings. The Bertz CT molecular complexity index is 431. The van der Waals surface area contributed by atoms with Crippen LogP contribution in [0, 0.1) is 12.8 Å². The summed E-state index contributed by atoms with van der Waals surface area (Å²) in [5, 5.41) is 3.54. The fourth-order valence-electron chi connectivity index (χ4n) is 2.90. The van der Waals surface area contributed by atoms with Gasteiger partial charge in [0.05, 0.1) is 6.61 Å². The van der Waals surface area contributed by atoms with E-state index in [-0.39, 0.29) is 0 Å². The Hall–Kier alpha value is -1.06. The third kappa shape index (κ3) is 3.97. The van der Waals surface area contributed by atoms with Crippen LogP contribution in [0.1, 0.15) is 31.4 Å². The number of methoxy groups -OCH3 is 1. The third-order valence-electron chi connectivity index (χ3n) is 3.96. The molecule has 1 heterocycles. The zero-order valence-electron chi connectivity index (χ0n) is 13.3. The molecular formula is C17H28N2O. The quantitative estimate of drug-likeness (QED) is 0.864. The summed E-state index contributed by atoms with van der Waals surface area (Å²) in [6.45, 7) is 10.6. The molecule has 0 spiro atoms. The lowest BCUT2D eigenvalue weighted by molar-refractivity contribution is 0.161. The molecular weight excluding hydrogens is 248 g/mol. The van der Waals surface area contributed by atoms with Gasteiger partial charge < -0.3 is 15.0 Å². The van der Waals surface area contributed by atoms with Gasteiger partial charge in [0.1, 0.15) is 0 Å². The van der Waals surface area contributed by atoms with E-state index in [1.54, 1.807) is 7.11 Å². The predicted octanol–water partition coefficient (Wildman–Crippen LogP) is 2.97. The van der Waals surface area contributed by atoms with Gasteiger partial charge in [0.2, 0.25) is 0 Å². The highest BCUT2D eigenvalue weighted by atomic mass is 16.5. The number of benzene rings is 1. The van der Waals surface area contributed by atoms with E-state index in [4.69, 9.17) is 4.74 Å². The molecule has 1 saturated heterocycles. The molecule has 0 radical (unpaired) electrons. The molecule has 1 aliphatic heterocycles. The average Bonchev–Trinajstić information content (AvgIpc) is 2.85. The second-order valence-corrected chi connectivity index (χ2v) is 6.22. The van der Waals surface area contributed by atoms with E-state index in [1.807, 2.05) is 0 Å². The number of aryl methyl sites for hydroxylation is 1. The Labute approximate surface area is 123 Å². The van der Waals surface area contributed by atoms with Gasteiger partial charge in [0.25, 0.3) is 0 Å². The fraction of sp³-hybridized carbons (Fsp3) is 0.647. The van der Waals surface area contributed by atoms with Crippen LogP contribution in [-0.4, -0.2) is 32.8 Å². The summed E-state index contributed by atoms with van der Waals surface area (Å²) in [4.78, 5) is 2.51. The van der Waals surface area contributed by atoms with Gasteiger partial charge in [-0.3, -0.25) is 0 Å². The molecule has 1 aromatic rings. The summed E-state index contributed by atoms with van der Waals surface area (Å²) in [5.41, 5.74) is 4.14. The molecule has 1 aromatic carbocycles. The van der Waals surface area contributed by atoms with E-state index in [0.717, 1.165) is 26.2 Å². The topological polar surface area (TPSA) is 24.5 Å². The molecule has 0 amide bonds. The van der Waals surface area contributed by atoms with Crippen molar-refractivity contribution in [2.24, 2.45) is 5.92 Å². The second kappa shape index (κ2) is 7.09. The van der Waals surface area contributed by atoms with Gasteiger partial charge in [-0.05, 0) is 25.0 Å². The molecule has 20 heavy (non-hydrogen) atoms. The molecule has 0 aromatic heterocycles. The zero-order valence-corrected chi connectivity index (χ0v) is 13.3. The van der Waals surface area contributed by atoms with Crippen LogP contribution < -0.4 is 10.2 Å². The molecule has 112 valence electrons. The third-order valence-corrected chi connectivity index (χ3v) is 3.96. The standard InChI is InChI=1S/C17H28N2O/c1-13(2)18-10-16-9-14(3)5-6-17(16)19-8-7-15(11-19)12-20-4/h5-6,9,13,15,18H,7-8,10-12H2,1-4H3. The van der Waals surface area contributed by atoms with E-state index in [1.165, 1.54) is 23.2 Å². The highest BCUT2D eigenvalue weighted by Crippen LogP contribution is 2.28. The number of nitrogens with one attached hydrogen (secondary N) is 1. The Balaban J connectivity index is 2.10. The summed E-state index contributed by atoms with van der Waals surface area (Å²) >= 11 is 0. The first-order chi connectivity index (χ1) is 9.60. The lowest BCUT2D eigenvalue weighted by Gasteiger charge is -2.23. The SMILES string of the molecule is COCC1CCN(c2ccc(C)cc2CNC(C)C)C1. The Morgan fingerprint density at radius 2 is 2.20 bits per heavy atom. The van der Waals surface area contributed by atoms with Gasteiger partial charge in [-0.2, -0.15) is 0 Å². The van der Waals surface area contributed by atoms with Crippen LogP contribution >= 0.6 is 0 Å². The fourth-order valence-corrected chi connectivity index (χ4v) is 2.90. The Kier molecular flexibility index (Phi) is 5.44. The lowest BCUT2D eigenvalue weighted by atomic mass is 10.1. The van der Waals surface area contributed by atoms with E-state index < -0.39 is 0 Å². The molecule has 0 bridgehead atoms. The molecule has 3 nitrogen and oxygen atoms in total. The Morgan fingerprint density at radius 1 is 1.40 bits per heavy atom. The number of anilines is 1. The maximum atomic E-state index is 5.30. The number of hydrogen-bond acceptors (Lipinski definition) is 3. The normalized spacial score (nSPS) is 19.1. The number of nitrogens with zero attached hydrogens (tertiary/aromatic N) is 1. The number of hydrogen-bond donors (Lipinski definition) is 1. The van der Waals surface area contributed by atoms with Crippen molar-refractivity contribution in [2.45, 2.75) is 39.8 Å². The van der Waals surface area contributed by atoms with Gasteiger partial charge >= 0.3 is 0 Å². The van der Waals surface area contributed by atoms with E-state index >= 15 is 0 Å². The van der Waals surface area contributed by atoms with Gasteiger partial charge in [-0.1, -0.05) is 31.5 Å². The van der Waals surface area contributed by atoms with Crippen LogP contribution in [-0.2, 0) is 11.3 Å². The average molecular weight is 276 g/mol. The minimum absolute atomic E-state index is 0.517. The first-order valence-electron chi connectivity index (χ1n) is 7.67. The molecule has 1 unspecified atom stereocenters. The highest BCUT2D eigenvalue weighted by molar-refractivity contribution is 5.55. The van der Waals surface area contributed by atoms with Crippen molar-refractivity contribution in [2.75, 3.05) is 31.7 Å². The van der Waals surface area contributed by atoms with Crippen LogP contribution in [0.15, 0.2) is 18.2 Å². The van der Waals surface area contributed by atoms with Crippen LogP contribution in [0.4, 0.5) is 5.69 Å². The first-order valence-corrected chi connectivity index (χ1v) is 7.67. The maximum absolute atomic E-state index is 5.30. The smallest absolute Gasteiger partial charge is 0.0508 e. The van der Waals surface area contributed by atoms with Gasteiger partial charge in [-0.25, -0.2) is 0 Å². The van der Waals surface area contributed by atoms with Crippen LogP contribution in [0.3, 0.4) is 0 Å². The second-order valence-electron chi connectivity index (χ2n) is 6.22. The van der Waals surface area contributed by atoms with Crippen molar-refractivity contribution in [1.29, 1.82) is 0 Å². The molecule has 3 heteroatoms. The largest absolute Gasteiger partial charge is 0.384 e. The van der Waals surface area contributed by atoms with Crippen molar-refractivity contribution in [3.05, 3.63) is 29.3 Å². The highest BCUT2D eigenvalue weighted by Gasteiger charge is 2.24. The summed E-state index contributed by atoms with van der Waals surface area (Å²) in [7, 11) is 1.80. The van der Waals surface area contributed by atoms with Crippen molar-refractivity contribution in [3.8, 4) is 0 Å². The van der Waals surface area contributed by atoms with Crippen molar-refractivity contribution in [1.82, 2.24) is 5.32 Å². The minimum Gasteiger partial charge on any atom is -0.384 e.